The number of hydrogen-bond acceptors (Lipinski definition) is 4. The van der Waals surface area contributed by atoms with Gasteiger partial charge in [-0.2, -0.15) is 0 Å². The summed E-state index contributed by atoms with van der Waals surface area (Å²) in [7, 11) is 0. The minimum atomic E-state index is 0. The topological polar surface area (TPSA) is 22.6 Å². The van der Waals surface area contributed by atoms with Crippen LogP contribution in [0.5, 0.6) is 0 Å². The zero-order valence-electron chi connectivity index (χ0n) is 16.8. The van der Waals surface area contributed by atoms with Crippen LogP contribution in [0, 0.1) is 39.9 Å². The molecular weight excluding hydrogens is 453 g/mol. The van der Waals surface area contributed by atoms with E-state index in [0.29, 0.717) is 18.1 Å². The average Bonchev–Trinajstić information content (AvgIpc) is 2.50. The number of rotatable bonds is 3. The van der Waals surface area contributed by atoms with Gasteiger partial charge in [-0.05, 0) is 53.7 Å². The van der Waals surface area contributed by atoms with Gasteiger partial charge in [0.05, 0.1) is 11.4 Å². The molecule has 1 aliphatic rings. The van der Waals surface area contributed by atoms with Crippen molar-refractivity contribution in [3.05, 3.63) is 29.6 Å². The van der Waals surface area contributed by atoms with Crippen LogP contribution in [0.1, 0.15) is 52.9 Å². The van der Waals surface area contributed by atoms with E-state index in [9.17, 15) is 0 Å². The first kappa shape index (κ1) is 23.4. The summed E-state index contributed by atoms with van der Waals surface area (Å²) >= 11 is 0. The standard InChI is InChI=1S/C20H36N4.Gd/c1-16(2)22-10-12-23(17(3)4)14-19-8-7-9-20(21-19)15-24(13-11-22)18(5)6;/h7-9,16-18H,10-15H2,1-6H3;/q;+3. The van der Waals surface area contributed by atoms with Gasteiger partial charge in [-0.1, -0.05) is 6.07 Å². The van der Waals surface area contributed by atoms with Crippen molar-refractivity contribution in [1.29, 1.82) is 0 Å². The fourth-order valence-electron chi connectivity index (χ4n) is 3.30. The summed E-state index contributed by atoms with van der Waals surface area (Å²) in [5.41, 5.74) is 2.39. The minimum absolute atomic E-state index is 0. The van der Waals surface area contributed by atoms with Gasteiger partial charge in [0, 0.05) is 57.4 Å². The van der Waals surface area contributed by atoms with Crippen molar-refractivity contribution in [2.24, 2.45) is 0 Å². The Hall–Kier alpha value is 0.355. The smallest absolute Gasteiger partial charge is 0.298 e. The molecule has 0 saturated heterocycles. The SMILES string of the molecule is CC(C)N1CCN(C(C)C)Cc2cccc(n2)CN(C(C)C)CC1.[Gd+3]. The molecule has 4 nitrogen and oxygen atoms in total. The monoisotopic (exact) mass is 490 g/mol. The predicted molar refractivity (Wildman–Crippen MR) is 102 cm³/mol. The number of nitrogens with zero attached hydrogens (tertiary/aromatic N) is 4. The van der Waals surface area contributed by atoms with Crippen LogP contribution in [-0.2, 0) is 13.1 Å². The molecule has 2 bridgehead atoms. The number of fused-ring (bicyclic) bond motifs is 2. The Morgan fingerprint density at radius 1 is 0.680 bits per heavy atom. The normalized spacial score (nSPS) is 18.9. The molecule has 1 aromatic heterocycles. The van der Waals surface area contributed by atoms with E-state index in [1.54, 1.807) is 0 Å². The summed E-state index contributed by atoms with van der Waals surface area (Å²) in [5.74, 6) is 0. The maximum absolute atomic E-state index is 4.93. The van der Waals surface area contributed by atoms with Gasteiger partial charge in [-0.25, -0.2) is 0 Å². The van der Waals surface area contributed by atoms with Crippen molar-refractivity contribution in [2.45, 2.75) is 72.8 Å². The molecule has 0 saturated carbocycles. The second-order valence-electron chi connectivity index (χ2n) is 7.88. The predicted octanol–water partition coefficient (Wildman–Crippen LogP) is 3.23. The molecule has 1 radical (unpaired) electrons. The number of aromatic nitrogens is 1. The van der Waals surface area contributed by atoms with Gasteiger partial charge in [0.15, 0.2) is 0 Å². The maximum atomic E-state index is 4.93. The van der Waals surface area contributed by atoms with E-state index in [4.69, 9.17) is 4.98 Å². The zero-order chi connectivity index (χ0) is 17.7. The van der Waals surface area contributed by atoms with Crippen LogP contribution < -0.4 is 0 Å². The summed E-state index contributed by atoms with van der Waals surface area (Å²) in [4.78, 5) is 12.6. The van der Waals surface area contributed by atoms with E-state index in [2.05, 4.69) is 74.4 Å². The average molecular weight is 490 g/mol. The molecule has 2 rings (SSSR count). The summed E-state index contributed by atoms with van der Waals surface area (Å²) in [6.45, 7) is 20.1. The number of pyridine rings is 1. The Kier molecular flexibility index (Phi) is 10.5. The van der Waals surface area contributed by atoms with E-state index in [0.717, 1.165) is 39.3 Å². The van der Waals surface area contributed by atoms with Crippen LogP contribution in [0.3, 0.4) is 0 Å². The molecule has 5 heteroatoms. The summed E-state index contributed by atoms with van der Waals surface area (Å²) in [6.07, 6.45) is 0. The van der Waals surface area contributed by atoms with Gasteiger partial charge in [-0.15, -0.1) is 0 Å². The molecule has 25 heavy (non-hydrogen) atoms. The van der Waals surface area contributed by atoms with E-state index >= 15 is 0 Å². The number of hydrogen-bond donors (Lipinski definition) is 0. The minimum Gasteiger partial charge on any atom is -0.298 e. The molecule has 2 heterocycles. The van der Waals surface area contributed by atoms with Crippen LogP contribution in [0.15, 0.2) is 18.2 Å². The largest absolute Gasteiger partial charge is 3.00 e. The van der Waals surface area contributed by atoms with Crippen molar-refractivity contribution >= 4 is 0 Å². The van der Waals surface area contributed by atoms with Crippen molar-refractivity contribution in [1.82, 2.24) is 19.7 Å². The molecule has 0 spiro atoms. The van der Waals surface area contributed by atoms with Crippen LogP contribution >= 0.6 is 0 Å². The Morgan fingerprint density at radius 2 is 1.04 bits per heavy atom. The molecule has 0 amide bonds. The first-order valence-corrected chi connectivity index (χ1v) is 9.53. The maximum Gasteiger partial charge on any atom is 3.00 e. The van der Waals surface area contributed by atoms with Gasteiger partial charge in [0.25, 0.3) is 0 Å². The Balaban J connectivity index is 0.00000312. The van der Waals surface area contributed by atoms with Gasteiger partial charge < -0.3 is 0 Å². The zero-order valence-corrected chi connectivity index (χ0v) is 19.1. The Labute approximate surface area is 187 Å². The van der Waals surface area contributed by atoms with Crippen LogP contribution in [0.2, 0.25) is 0 Å². The van der Waals surface area contributed by atoms with E-state index in [1.165, 1.54) is 11.4 Å². The van der Waals surface area contributed by atoms with Crippen LogP contribution in [0.4, 0.5) is 0 Å². The molecule has 0 fully saturated rings. The molecule has 1 aromatic rings. The van der Waals surface area contributed by atoms with Gasteiger partial charge in [0.1, 0.15) is 0 Å². The van der Waals surface area contributed by atoms with Crippen molar-refractivity contribution in [2.75, 3.05) is 26.2 Å². The third-order valence-corrected chi connectivity index (χ3v) is 5.13. The van der Waals surface area contributed by atoms with E-state index in [1.807, 2.05) is 0 Å². The molecule has 0 aliphatic carbocycles. The van der Waals surface area contributed by atoms with Crippen LogP contribution in [-0.4, -0.2) is 64.0 Å². The third-order valence-electron chi connectivity index (χ3n) is 5.13. The molecule has 0 atom stereocenters. The molecule has 141 valence electrons. The van der Waals surface area contributed by atoms with E-state index < -0.39 is 0 Å². The molecular formula is C20H36GdN4+3. The quantitative estimate of drug-likeness (QED) is 0.650. The fourth-order valence-corrected chi connectivity index (χ4v) is 3.30. The summed E-state index contributed by atoms with van der Waals surface area (Å²) < 4.78 is 0. The second-order valence-corrected chi connectivity index (χ2v) is 7.88. The first-order chi connectivity index (χ1) is 11.4. The Bertz CT molecular complexity index is 467. The summed E-state index contributed by atoms with van der Waals surface area (Å²) in [6, 6.07) is 8.18. The molecule has 0 unspecified atom stereocenters. The molecule has 0 aromatic carbocycles. The molecule has 1 aliphatic heterocycles. The van der Waals surface area contributed by atoms with E-state index in [-0.39, 0.29) is 39.9 Å². The van der Waals surface area contributed by atoms with Crippen LogP contribution in [0.25, 0.3) is 0 Å². The van der Waals surface area contributed by atoms with Crippen molar-refractivity contribution < 1.29 is 39.9 Å². The third kappa shape index (κ3) is 7.47. The van der Waals surface area contributed by atoms with Gasteiger partial charge in [0.2, 0.25) is 0 Å². The van der Waals surface area contributed by atoms with Gasteiger partial charge in [-0.3, -0.25) is 19.7 Å². The second kappa shape index (κ2) is 11.3. The van der Waals surface area contributed by atoms with Crippen molar-refractivity contribution in [3.63, 3.8) is 0 Å². The van der Waals surface area contributed by atoms with Gasteiger partial charge >= 0.3 is 39.9 Å². The summed E-state index contributed by atoms with van der Waals surface area (Å²) in [5, 5.41) is 0. The molecule has 0 N–H and O–H groups in total. The fraction of sp³-hybridized carbons (Fsp3) is 0.750. The Morgan fingerprint density at radius 3 is 1.40 bits per heavy atom. The van der Waals surface area contributed by atoms with Crippen molar-refractivity contribution in [3.8, 4) is 0 Å². The first-order valence-electron chi connectivity index (χ1n) is 9.53.